The van der Waals surface area contributed by atoms with Crippen LogP contribution in [0.25, 0.3) is 0 Å². The quantitative estimate of drug-likeness (QED) is 0.496. The van der Waals surface area contributed by atoms with E-state index in [0.717, 1.165) is 19.5 Å². The Balaban J connectivity index is 0.000001000. The third-order valence-corrected chi connectivity index (χ3v) is 1.40. The number of halogens is 1. The van der Waals surface area contributed by atoms with Crippen molar-refractivity contribution in [1.29, 1.82) is 0 Å². The molecule has 0 amide bonds. The fourth-order valence-corrected chi connectivity index (χ4v) is 0.857. The first kappa shape index (κ1) is 10.4. The van der Waals surface area contributed by atoms with Crippen LogP contribution in [0.1, 0.15) is 6.42 Å². The largest absolute Gasteiger partial charge is 1.00 e. The summed E-state index contributed by atoms with van der Waals surface area (Å²) >= 11 is 0. The molecule has 1 rings (SSSR count). The lowest BCUT2D eigenvalue weighted by atomic mass is 10.4. The van der Waals surface area contributed by atoms with Gasteiger partial charge in [-0.15, -0.1) is 0 Å². The van der Waals surface area contributed by atoms with Gasteiger partial charge in [-0.1, -0.05) is 6.07 Å². The fourth-order valence-electron chi connectivity index (χ4n) is 0.857. The van der Waals surface area contributed by atoms with Crippen LogP contribution in [0.2, 0.25) is 0 Å². The number of nitrogens with zero attached hydrogens (tertiary/aromatic N) is 1. The molecule has 0 bridgehead atoms. The second kappa shape index (κ2) is 6.13. The molecule has 2 N–H and O–H groups in total. The molecule has 3 heteroatoms. The van der Waals surface area contributed by atoms with Crippen molar-refractivity contribution in [2.75, 3.05) is 6.54 Å². The molecule has 0 saturated carbocycles. The van der Waals surface area contributed by atoms with E-state index in [0.29, 0.717) is 0 Å². The standard InChI is InChI=1S/C8H13N2.ClH/c9-5-4-8-10-6-2-1-3-7-10;/h1-3,6-7H,4-5,8-9H2;1H/q+1;/p-1. The lowest BCUT2D eigenvalue weighted by molar-refractivity contribution is -0.697. The van der Waals surface area contributed by atoms with E-state index in [1.165, 1.54) is 0 Å². The van der Waals surface area contributed by atoms with Crippen LogP contribution in [0.15, 0.2) is 30.6 Å². The summed E-state index contributed by atoms with van der Waals surface area (Å²) in [6.45, 7) is 1.79. The van der Waals surface area contributed by atoms with E-state index in [-0.39, 0.29) is 12.4 Å². The Labute approximate surface area is 73.4 Å². The smallest absolute Gasteiger partial charge is 0.168 e. The maximum atomic E-state index is 5.36. The molecule has 0 aliphatic rings. The van der Waals surface area contributed by atoms with E-state index < -0.39 is 0 Å². The van der Waals surface area contributed by atoms with E-state index in [1.807, 2.05) is 18.2 Å². The van der Waals surface area contributed by atoms with Gasteiger partial charge in [0.1, 0.15) is 6.54 Å². The molecule has 62 valence electrons. The topological polar surface area (TPSA) is 29.9 Å². The van der Waals surface area contributed by atoms with Gasteiger partial charge in [-0.3, -0.25) is 0 Å². The predicted molar refractivity (Wildman–Crippen MR) is 40.3 cm³/mol. The van der Waals surface area contributed by atoms with Crippen LogP contribution in [0, 0.1) is 0 Å². The van der Waals surface area contributed by atoms with Crippen LogP contribution >= 0.6 is 0 Å². The lowest BCUT2D eigenvalue weighted by Gasteiger charge is -1.91. The van der Waals surface area contributed by atoms with Crippen LogP contribution < -0.4 is 22.7 Å². The van der Waals surface area contributed by atoms with Crippen molar-refractivity contribution in [3.05, 3.63) is 30.6 Å². The van der Waals surface area contributed by atoms with Crippen molar-refractivity contribution >= 4 is 0 Å². The minimum Gasteiger partial charge on any atom is -1.00 e. The minimum atomic E-state index is 0. The number of hydrogen-bond acceptors (Lipinski definition) is 1. The Kier molecular flexibility index (Phi) is 5.80. The second-order valence-corrected chi connectivity index (χ2v) is 2.26. The Morgan fingerprint density at radius 2 is 1.73 bits per heavy atom. The van der Waals surface area contributed by atoms with Crippen molar-refractivity contribution < 1.29 is 17.0 Å². The average molecular weight is 173 g/mol. The maximum absolute atomic E-state index is 5.36. The van der Waals surface area contributed by atoms with Crippen molar-refractivity contribution in [2.24, 2.45) is 5.73 Å². The highest BCUT2D eigenvalue weighted by atomic mass is 35.5. The molecule has 1 heterocycles. The number of pyridine rings is 1. The zero-order valence-electron chi connectivity index (χ0n) is 6.41. The van der Waals surface area contributed by atoms with E-state index >= 15 is 0 Å². The highest BCUT2D eigenvalue weighted by Gasteiger charge is 1.93. The van der Waals surface area contributed by atoms with Crippen LogP contribution in [0.3, 0.4) is 0 Å². The number of aryl methyl sites for hydroxylation is 1. The van der Waals surface area contributed by atoms with Gasteiger partial charge in [-0.05, 0) is 6.54 Å². The number of nitrogens with two attached hydrogens (primary N) is 1. The van der Waals surface area contributed by atoms with Crippen molar-refractivity contribution in [3.63, 3.8) is 0 Å². The Morgan fingerprint density at radius 1 is 1.09 bits per heavy atom. The number of aromatic nitrogens is 1. The molecule has 11 heavy (non-hydrogen) atoms. The summed E-state index contributed by atoms with van der Waals surface area (Å²) < 4.78 is 2.13. The second-order valence-electron chi connectivity index (χ2n) is 2.26. The van der Waals surface area contributed by atoms with Crippen LogP contribution in [-0.2, 0) is 6.54 Å². The Hall–Kier alpha value is -0.600. The molecule has 1 aromatic heterocycles. The Bertz CT molecular complexity index is 177. The van der Waals surface area contributed by atoms with Crippen molar-refractivity contribution in [2.45, 2.75) is 13.0 Å². The van der Waals surface area contributed by atoms with E-state index in [2.05, 4.69) is 17.0 Å². The van der Waals surface area contributed by atoms with Crippen LogP contribution in [0.4, 0.5) is 0 Å². The van der Waals surface area contributed by atoms with Gasteiger partial charge in [-0.2, -0.15) is 0 Å². The molecule has 0 aromatic carbocycles. The summed E-state index contributed by atoms with van der Waals surface area (Å²) in [7, 11) is 0. The lowest BCUT2D eigenvalue weighted by Crippen LogP contribution is -3.00. The molecule has 0 saturated heterocycles. The molecule has 2 nitrogen and oxygen atoms in total. The fraction of sp³-hybridized carbons (Fsp3) is 0.375. The van der Waals surface area contributed by atoms with Crippen LogP contribution in [-0.4, -0.2) is 6.54 Å². The molecule has 0 atom stereocenters. The SMILES string of the molecule is NCCC[n+]1ccccc1.[Cl-]. The van der Waals surface area contributed by atoms with Gasteiger partial charge in [0.25, 0.3) is 0 Å². The average Bonchev–Trinajstić information content (AvgIpc) is 2.03. The molecule has 0 fully saturated rings. The number of rotatable bonds is 3. The van der Waals surface area contributed by atoms with Crippen LogP contribution in [0.5, 0.6) is 0 Å². The molecule has 1 aromatic rings. The summed E-state index contributed by atoms with van der Waals surface area (Å²) in [6.07, 6.45) is 5.15. The summed E-state index contributed by atoms with van der Waals surface area (Å²) in [6, 6.07) is 6.06. The third kappa shape index (κ3) is 3.96. The Morgan fingerprint density at radius 3 is 2.27 bits per heavy atom. The highest BCUT2D eigenvalue weighted by Crippen LogP contribution is 1.78. The van der Waals surface area contributed by atoms with Gasteiger partial charge < -0.3 is 18.1 Å². The predicted octanol–water partition coefficient (Wildman–Crippen LogP) is -2.67. The van der Waals surface area contributed by atoms with Gasteiger partial charge in [0.2, 0.25) is 0 Å². The first-order chi connectivity index (χ1) is 4.93. The highest BCUT2D eigenvalue weighted by molar-refractivity contribution is 4.83. The molecule has 0 radical (unpaired) electrons. The zero-order chi connectivity index (χ0) is 7.23. The normalized spacial score (nSPS) is 8.82. The number of hydrogen-bond donors (Lipinski definition) is 1. The molecule has 0 spiro atoms. The van der Waals surface area contributed by atoms with Gasteiger partial charge in [-0.25, -0.2) is 4.57 Å². The first-order valence-corrected chi connectivity index (χ1v) is 3.57. The molecule has 0 aliphatic heterocycles. The van der Waals surface area contributed by atoms with E-state index in [1.54, 1.807) is 0 Å². The monoisotopic (exact) mass is 172 g/mol. The summed E-state index contributed by atoms with van der Waals surface area (Å²) in [4.78, 5) is 0. The van der Waals surface area contributed by atoms with Gasteiger partial charge in [0, 0.05) is 18.6 Å². The minimum absolute atomic E-state index is 0. The summed E-state index contributed by atoms with van der Waals surface area (Å²) in [5.41, 5.74) is 5.36. The van der Waals surface area contributed by atoms with E-state index in [9.17, 15) is 0 Å². The third-order valence-electron chi connectivity index (χ3n) is 1.40. The molecule has 0 aliphatic carbocycles. The summed E-state index contributed by atoms with van der Waals surface area (Å²) in [5.74, 6) is 0. The molecular weight excluding hydrogens is 160 g/mol. The van der Waals surface area contributed by atoms with Gasteiger partial charge in [0.05, 0.1) is 0 Å². The van der Waals surface area contributed by atoms with Gasteiger partial charge in [0.15, 0.2) is 12.4 Å². The van der Waals surface area contributed by atoms with Crippen molar-refractivity contribution in [1.82, 2.24) is 0 Å². The van der Waals surface area contributed by atoms with Gasteiger partial charge >= 0.3 is 0 Å². The summed E-state index contributed by atoms with van der Waals surface area (Å²) in [5, 5.41) is 0. The zero-order valence-corrected chi connectivity index (χ0v) is 7.17. The maximum Gasteiger partial charge on any atom is 0.168 e. The van der Waals surface area contributed by atoms with Crippen molar-refractivity contribution in [3.8, 4) is 0 Å². The van der Waals surface area contributed by atoms with E-state index in [4.69, 9.17) is 5.73 Å². The molecular formula is C8H13ClN2. The first-order valence-electron chi connectivity index (χ1n) is 3.57. The molecule has 0 unspecified atom stereocenters.